The standard InChI is InChI=1S/C19H24N6/c1-14-16-5-6-17(22-18(16)24(3)23-14)19(2)7-4-10-25(13-19)12-15-11-20-8-9-21-15/h5-6,8-9,11H,4,7,10,12-13H2,1-3H3/t19-/m0/s1. The molecule has 1 saturated heterocycles. The maximum atomic E-state index is 4.98. The fraction of sp³-hybridized carbons (Fsp3) is 0.474. The first-order valence-electron chi connectivity index (χ1n) is 8.83. The summed E-state index contributed by atoms with van der Waals surface area (Å²) in [7, 11) is 1.97. The average Bonchev–Trinajstić information content (AvgIpc) is 2.90. The summed E-state index contributed by atoms with van der Waals surface area (Å²) in [5.41, 5.74) is 4.24. The van der Waals surface area contributed by atoms with Crippen molar-refractivity contribution in [2.24, 2.45) is 7.05 Å². The summed E-state index contributed by atoms with van der Waals surface area (Å²) in [6, 6.07) is 4.36. The van der Waals surface area contributed by atoms with Crippen molar-refractivity contribution in [1.82, 2.24) is 29.6 Å². The number of hydrogen-bond acceptors (Lipinski definition) is 5. The number of piperidine rings is 1. The van der Waals surface area contributed by atoms with Crippen molar-refractivity contribution < 1.29 is 0 Å². The molecule has 1 fully saturated rings. The van der Waals surface area contributed by atoms with Crippen molar-refractivity contribution in [2.75, 3.05) is 13.1 Å². The van der Waals surface area contributed by atoms with Crippen LogP contribution in [0.3, 0.4) is 0 Å². The predicted molar refractivity (Wildman–Crippen MR) is 97.1 cm³/mol. The van der Waals surface area contributed by atoms with Gasteiger partial charge in [-0.3, -0.25) is 19.5 Å². The van der Waals surface area contributed by atoms with Gasteiger partial charge in [0.05, 0.1) is 17.1 Å². The third-order valence-corrected chi connectivity index (χ3v) is 5.27. The molecule has 6 heteroatoms. The molecule has 0 aromatic carbocycles. The van der Waals surface area contributed by atoms with Crippen LogP contribution in [0.1, 0.15) is 36.8 Å². The molecule has 3 aromatic heterocycles. The van der Waals surface area contributed by atoms with Crippen LogP contribution in [-0.4, -0.2) is 42.7 Å². The van der Waals surface area contributed by atoms with Crippen molar-refractivity contribution in [3.05, 3.63) is 47.8 Å². The number of likely N-dealkylation sites (tertiary alicyclic amines) is 1. The van der Waals surface area contributed by atoms with E-state index < -0.39 is 0 Å². The lowest BCUT2D eigenvalue weighted by Gasteiger charge is -2.40. The van der Waals surface area contributed by atoms with E-state index in [2.05, 4.69) is 39.0 Å². The number of nitrogens with zero attached hydrogens (tertiary/aromatic N) is 6. The molecule has 1 aliphatic heterocycles. The van der Waals surface area contributed by atoms with E-state index in [9.17, 15) is 0 Å². The summed E-state index contributed by atoms with van der Waals surface area (Å²) in [5.74, 6) is 0. The Bertz CT molecular complexity index is 888. The minimum Gasteiger partial charge on any atom is -0.297 e. The van der Waals surface area contributed by atoms with Crippen molar-refractivity contribution in [3.63, 3.8) is 0 Å². The zero-order valence-electron chi connectivity index (χ0n) is 15.1. The van der Waals surface area contributed by atoms with Crippen LogP contribution in [0.2, 0.25) is 0 Å². The smallest absolute Gasteiger partial charge is 0.158 e. The van der Waals surface area contributed by atoms with Gasteiger partial charge in [-0.25, -0.2) is 4.98 Å². The highest BCUT2D eigenvalue weighted by Gasteiger charge is 2.34. The largest absolute Gasteiger partial charge is 0.297 e. The van der Waals surface area contributed by atoms with Crippen LogP contribution in [0.25, 0.3) is 11.0 Å². The number of aryl methyl sites for hydroxylation is 2. The van der Waals surface area contributed by atoms with Gasteiger partial charge in [-0.2, -0.15) is 5.10 Å². The molecule has 0 unspecified atom stereocenters. The van der Waals surface area contributed by atoms with Crippen LogP contribution < -0.4 is 0 Å². The summed E-state index contributed by atoms with van der Waals surface area (Å²) in [6.45, 7) is 7.29. The molecule has 1 atom stereocenters. The molecule has 0 spiro atoms. The maximum Gasteiger partial charge on any atom is 0.158 e. The second-order valence-corrected chi connectivity index (χ2v) is 7.35. The minimum atomic E-state index is 0.0484. The summed E-state index contributed by atoms with van der Waals surface area (Å²) >= 11 is 0. The SMILES string of the molecule is Cc1nn(C)c2nc([C@@]3(C)CCCN(Cc4cnccn4)C3)ccc12. The van der Waals surface area contributed by atoms with Gasteiger partial charge in [-0.05, 0) is 38.4 Å². The third kappa shape index (κ3) is 3.02. The third-order valence-electron chi connectivity index (χ3n) is 5.27. The van der Waals surface area contributed by atoms with Gasteiger partial charge in [0.25, 0.3) is 0 Å². The second-order valence-electron chi connectivity index (χ2n) is 7.35. The molecule has 0 N–H and O–H groups in total. The predicted octanol–water partition coefficient (Wildman–Crippen LogP) is 2.62. The Labute approximate surface area is 147 Å². The van der Waals surface area contributed by atoms with E-state index in [0.717, 1.165) is 54.2 Å². The summed E-state index contributed by atoms with van der Waals surface area (Å²) in [4.78, 5) is 16.0. The first-order chi connectivity index (χ1) is 12.0. The van der Waals surface area contributed by atoms with Crippen LogP contribution >= 0.6 is 0 Å². The second kappa shape index (κ2) is 6.19. The van der Waals surface area contributed by atoms with Crippen LogP contribution in [0.5, 0.6) is 0 Å². The van der Waals surface area contributed by atoms with Gasteiger partial charge in [-0.1, -0.05) is 6.92 Å². The van der Waals surface area contributed by atoms with Gasteiger partial charge in [0, 0.05) is 49.5 Å². The monoisotopic (exact) mass is 336 g/mol. The van der Waals surface area contributed by atoms with Gasteiger partial charge in [0.2, 0.25) is 0 Å². The Morgan fingerprint density at radius 1 is 1.24 bits per heavy atom. The Morgan fingerprint density at radius 3 is 2.92 bits per heavy atom. The Hall–Kier alpha value is -2.34. The number of hydrogen-bond donors (Lipinski definition) is 0. The Balaban J connectivity index is 1.61. The molecular weight excluding hydrogens is 312 g/mol. The van der Waals surface area contributed by atoms with E-state index in [-0.39, 0.29) is 5.41 Å². The molecule has 0 saturated carbocycles. The van der Waals surface area contributed by atoms with Gasteiger partial charge in [-0.15, -0.1) is 0 Å². The van der Waals surface area contributed by atoms with Crippen LogP contribution in [0.4, 0.5) is 0 Å². The highest BCUT2D eigenvalue weighted by molar-refractivity contribution is 5.78. The molecule has 0 aliphatic carbocycles. The first-order valence-corrected chi connectivity index (χ1v) is 8.83. The van der Waals surface area contributed by atoms with E-state index >= 15 is 0 Å². The van der Waals surface area contributed by atoms with Crippen LogP contribution in [0.15, 0.2) is 30.7 Å². The molecule has 0 amide bonds. The first kappa shape index (κ1) is 16.1. The van der Waals surface area contributed by atoms with E-state index in [1.54, 1.807) is 12.4 Å². The van der Waals surface area contributed by atoms with Crippen molar-refractivity contribution in [1.29, 1.82) is 0 Å². The van der Waals surface area contributed by atoms with Gasteiger partial charge in [0.1, 0.15) is 0 Å². The number of rotatable bonds is 3. The molecule has 130 valence electrons. The normalized spacial score (nSPS) is 21.7. The van der Waals surface area contributed by atoms with Gasteiger partial charge < -0.3 is 0 Å². The van der Waals surface area contributed by atoms with E-state index in [1.807, 2.05) is 24.9 Å². The van der Waals surface area contributed by atoms with Crippen LogP contribution in [-0.2, 0) is 19.0 Å². The fourth-order valence-corrected chi connectivity index (χ4v) is 3.97. The lowest BCUT2D eigenvalue weighted by molar-refractivity contribution is 0.146. The molecule has 4 heterocycles. The number of aromatic nitrogens is 5. The minimum absolute atomic E-state index is 0.0484. The highest BCUT2D eigenvalue weighted by Crippen LogP contribution is 2.34. The number of fused-ring (bicyclic) bond motifs is 1. The summed E-state index contributed by atoms with van der Waals surface area (Å²) < 4.78 is 1.89. The van der Waals surface area contributed by atoms with E-state index in [1.165, 1.54) is 6.42 Å². The fourth-order valence-electron chi connectivity index (χ4n) is 3.97. The molecule has 0 bridgehead atoms. The highest BCUT2D eigenvalue weighted by atomic mass is 15.3. The van der Waals surface area contributed by atoms with Gasteiger partial charge >= 0.3 is 0 Å². The molecule has 1 aliphatic rings. The zero-order chi connectivity index (χ0) is 17.4. The van der Waals surface area contributed by atoms with E-state index in [0.29, 0.717) is 0 Å². The summed E-state index contributed by atoms with van der Waals surface area (Å²) in [5, 5.41) is 5.64. The molecular formula is C19H24N6. The van der Waals surface area contributed by atoms with Crippen molar-refractivity contribution in [2.45, 2.75) is 38.6 Å². The van der Waals surface area contributed by atoms with Crippen molar-refractivity contribution >= 4 is 11.0 Å². The Morgan fingerprint density at radius 2 is 2.12 bits per heavy atom. The average molecular weight is 336 g/mol. The topological polar surface area (TPSA) is 59.7 Å². The summed E-state index contributed by atoms with van der Waals surface area (Å²) in [6.07, 6.45) is 7.66. The zero-order valence-corrected chi connectivity index (χ0v) is 15.1. The van der Waals surface area contributed by atoms with Gasteiger partial charge in [0.15, 0.2) is 5.65 Å². The maximum absolute atomic E-state index is 4.98. The lowest BCUT2D eigenvalue weighted by atomic mass is 9.78. The molecule has 25 heavy (non-hydrogen) atoms. The molecule has 4 rings (SSSR count). The molecule has 6 nitrogen and oxygen atoms in total. The quantitative estimate of drug-likeness (QED) is 0.736. The van der Waals surface area contributed by atoms with Crippen molar-refractivity contribution in [3.8, 4) is 0 Å². The molecule has 0 radical (unpaired) electrons. The lowest BCUT2D eigenvalue weighted by Crippen LogP contribution is -2.44. The number of pyridine rings is 1. The molecule has 3 aromatic rings. The van der Waals surface area contributed by atoms with E-state index in [4.69, 9.17) is 4.98 Å². The Kier molecular flexibility index (Phi) is 4.00. The van der Waals surface area contributed by atoms with Crippen LogP contribution in [0, 0.1) is 6.92 Å².